The molecule has 102 valence electrons. The number of nitrogens with one attached hydrogen (secondary N) is 1. The van der Waals surface area contributed by atoms with Gasteiger partial charge in [-0.1, -0.05) is 11.6 Å². The average Bonchev–Trinajstić information content (AvgIpc) is 2.26. The molecule has 1 rings (SSSR count). The summed E-state index contributed by atoms with van der Waals surface area (Å²) in [6, 6.07) is 0. The highest BCUT2D eigenvalue weighted by Crippen LogP contribution is 2.19. The number of aliphatic carboxylic acids is 1. The maximum atomic E-state index is 11.6. The van der Waals surface area contributed by atoms with Gasteiger partial charge < -0.3 is 15.5 Å². The van der Waals surface area contributed by atoms with E-state index in [9.17, 15) is 14.7 Å². The summed E-state index contributed by atoms with van der Waals surface area (Å²) < 4.78 is 0. The van der Waals surface area contributed by atoms with Crippen molar-refractivity contribution in [1.82, 2.24) is 5.32 Å². The third-order valence-electron chi connectivity index (χ3n) is 2.97. The molecule has 5 nitrogen and oxygen atoms in total. The highest BCUT2D eigenvalue weighted by Gasteiger charge is 2.24. The molecule has 0 fully saturated rings. The van der Waals surface area contributed by atoms with Gasteiger partial charge in [-0.2, -0.15) is 0 Å². The first-order chi connectivity index (χ1) is 8.39. The molecule has 1 atom stereocenters. The van der Waals surface area contributed by atoms with Crippen LogP contribution in [0.1, 0.15) is 45.4 Å². The lowest BCUT2D eigenvalue weighted by molar-refractivity contribution is -0.142. The number of amides is 1. The second-order valence-electron chi connectivity index (χ2n) is 5.13. The third kappa shape index (κ3) is 5.82. The lowest BCUT2D eigenvalue weighted by Gasteiger charge is -2.22. The van der Waals surface area contributed by atoms with E-state index in [-0.39, 0.29) is 18.9 Å². The fourth-order valence-electron chi connectivity index (χ4n) is 2.01. The van der Waals surface area contributed by atoms with E-state index in [0.29, 0.717) is 6.42 Å². The number of carboxylic acid groups (broad SMARTS) is 1. The summed E-state index contributed by atoms with van der Waals surface area (Å²) in [5, 5.41) is 20.9. The Hall–Kier alpha value is -1.36. The van der Waals surface area contributed by atoms with Gasteiger partial charge in [0.15, 0.2) is 0 Å². The highest BCUT2D eigenvalue weighted by molar-refractivity contribution is 5.78. The molecular weight excluding hydrogens is 234 g/mol. The summed E-state index contributed by atoms with van der Waals surface area (Å²) in [7, 11) is 0. The van der Waals surface area contributed by atoms with Crippen LogP contribution in [-0.2, 0) is 9.59 Å². The molecule has 1 aliphatic carbocycles. The van der Waals surface area contributed by atoms with Crippen molar-refractivity contribution in [1.29, 1.82) is 0 Å². The monoisotopic (exact) mass is 255 g/mol. The number of carboxylic acids is 1. The van der Waals surface area contributed by atoms with Crippen LogP contribution in [0.15, 0.2) is 11.6 Å². The van der Waals surface area contributed by atoms with Gasteiger partial charge in [-0.05, 0) is 32.6 Å². The molecule has 0 radical (unpaired) electrons. The standard InChI is InChI=1S/C13H21NO4/c1-13(18,8-12(16)17)9-14-11(15)7-10-5-3-2-4-6-10/h5,18H,2-4,6-9H2,1H3,(H,14,15)(H,16,17). The molecule has 18 heavy (non-hydrogen) atoms. The van der Waals surface area contributed by atoms with Crippen LogP contribution in [-0.4, -0.2) is 34.2 Å². The smallest absolute Gasteiger partial charge is 0.306 e. The molecule has 0 aliphatic heterocycles. The van der Waals surface area contributed by atoms with Crippen molar-refractivity contribution in [3.8, 4) is 0 Å². The number of carbonyl (C=O) groups is 2. The Bertz CT molecular complexity index is 347. The lowest BCUT2D eigenvalue weighted by atomic mass is 9.97. The van der Waals surface area contributed by atoms with Crippen LogP contribution < -0.4 is 5.32 Å². The van der Waals surface area contributed by atoms with Crippen molar-refractivity contribution in [3.63, 3.8) is 0 Å². The molecule has 0 bridgehead atoms. The number of hydrogen-bond acceptors (Lipinski definition) is 3. The van der Waals surface area contributed by atoms with E-state index in [0.717, 1.165) is 24.8 Å². The Kier molecular flexibility index (Phi) is 5.34. The largest absolute Gasteiger partial charge is 0.481 e. The zero-order valence-corrected chi connectivity index (χ0v) is 10.7. The summed E-state index contributed by atoms with van der Waals surface area (Å²) in [5.74, 6) is -1.24. The van der Waals surface area contributed by atoms with E-state index in [1.165, 1.54) is 13.3 Å². The molecule has 0 aromatic carbocycles. The van der Waals surface area contributed by atoms with Gasteiger partial charge in [0.2, 0.25) is 5.91 Å². The number of hydrogen-bond donors (Lipinski definition) is 3. The predicted octanol–water partition coefficient (Wildman–Crippen LogP) is 1.22. The summed E-state index contributed by atoms with van der Waals surface area (Å²) >= 11 is 0. The molecule has 0 aromatic heterocycles. The zero-order valence-electron chi connectivity index (χ0n) is 10.7. The van der Waals surface area contributed by atoms with Crippen LogP contribution >= 0.6 is 0 Å². The Morgan fingerprint density at radius 2 is 2.17 bits per heavy atom. The Balaban J connectivity index is 2.32. The van der Waals surface area contributed by atoms with Gasteiger partial charge in [0.1, 0.15) is 0 Å². The minimum absolute atomic E-state index is 0.0363. The quantitative estimate of drug-likeness (QED) is 0.623. The minimum atomic E-state index is -1.40. The third-order valence-corrected chi connectivity index (χ3v) is 2.97. The van der Waals surface area contributed by atoms with E-state index in [4.69, 9.17) is 5.11 Å². The molecule has 1 unspecified atom stereocenters. The van der Waals surface area contributed by atoms with Gasteiger partial charge >= 0.3 is 5.97 Å². The predicted molar refractivity (Wildman–Crippen MR) is 67.1 cm³/mol. The van der Waals surface area contributed by atoms with Gasteiger partial charge in [0.25, 0.3) is 0 Å². The van der Waals surface area contributed by atoms with Crippen molar-refractivity contribution >= 4 is 11.9 Å². The molecule has 0 saturated heterocycles. The van der Waals surface area contributed by atoms with E-state index >= 15 is 0 Å². The Morgan fingerprint density at radius 1 is 1.44 bits per heavy atom. The highest BCUT2D eigenvalue weighted by atomic mass is 16.4. The van der Waals surface area contributed by atoms with Crippen molar-refractivity contribution in [2.24, 2.45) is 0 Å². The molecule has 0 heterocycles. The number of carbonyl (C=O) groups excluding carboxylic acids is 1. The van der Waals surface area contributed by atoms with Crippen molar-refractivity contribution in [2.45, 2.75) is 51.0 Å². The van der Waals surface area contributed by atoms with Crippen LogP contribution in [0.3, 0.4) is 0 Å². The van der Waals surface area contributed by atoms with Crippen LogP contribution in [0.25, 0.3) is 0 Å². The fraction of sp³-hybridized carbons (Fsp3) is 0.692. The molecule has 1 aliphatic rings. The molecule has 3 N–H and O–H groups in total. The van der Waals surface area contributed by atoms with Crippen molar-refractivity contribution in [3.05, 3.63) is 11.6 Å². The maximum Gasteiger partial charge on any atom is 0.306 e. The van der Waals surface area contributed by atoms with Gasteiger partial charge in [0, 0.05) is 13.0 Å². The second kappa shape index (κ2) is 6.54. The number of rotatable bonds is 6. The fourth-order valence-corrected chi connectivity index (χ4v) is 2.01. The zero-order chi connectivity index (χ0) is 13.6. The maximum absolute atomic E-state index is 11.6. The summed E-state index contributed by atoms with van der Waals surface area (Å²) in [6.45, 7) is 1.37. The van der Waals surface area contributed by atoms with Crippen LogP contribution in [0.4, 0.5) is 0 Å². The summed E-state index contributed by atoms with van der Waals surface area (Å²) in [4.78, 5) is 22.1. The lowest BCUT2D eigenvalue weighted by Crippen LogP contribution is -2.42. The van der Waals surface area contributed by atoms with Gasteiger partial charge in [0.05, 0.1) is 12.0 Å². The van der Waals surface area contributed by atoms with Gasteiger partial charge in [-0.15, -0.1) is 0 Å². The first kappa shape index (κ1) is 14.7. The summed E-state index contributed by atoms with van der Waals surface area (Å²) in [6.07, 6.45) is 6.35. The second-order valence-corrected chi connectivity index (χ2v) is 5.13. The van der Waals surface area contributed by atoms with Crippen molar-refractivity contribution in [2.75, 3.05) is 6.54 Å². The normalized spacial score (nSPS) is 18.7. The average molecular weight is 255 g/mol. The van der Waals surface area contributed by atoms with Crippen LogP contribution in [0.5, 0.6) is 0 Å². The van der Waals surface area contributed by atoms with Crippen LogP contribution in [0, 0.1) is 0 Å². The van der Waals surface area contributed by atoms with Crippen molar-refractivity contribution < 1.29 is 19.8 Å². The topological polar surface area (TPSA) is 86.6 Å². The van der Waals surface area contributed by atoms with Gasteiger partial charge in [-0.25, -0.2) is 0 Å². The molecule has 5 heteroatoms. The molecule has 1 amide bonds. The van der Waals surface area contributed by atoms with E-state index < -0.39 is 11.6 Å². The molecular formula is C13H21NO4. The summed E-state index contributed by atoms with van der Waals surface area (Å²) in [5.41, 5.74) is -0.265. The SMILES string of the molecule is CC(O)(CNC(=O)CC1=CCCCC1)CC(=O)O. The molecule has 0 spiro atoms. The number of aliphatic hydroxyl groups is 1. The molecule has 0 aromatic rings. The molecule has 0 saturated carbocycles. The van der Waals surface area contributed by atoms with E-state index in [2.05, 4.69) is 11.4 Å². The Labute approximate surface area is 107 Å². The van der Waals surface area contributed by atoms with Crippen LogP contribution in [0.2, 0.25) is 0 Å². The number of allylic oxidation sites excluding steroid dienone is 1. The van der Waals surface area contributed by atoms with E-state index in [1.807, 2.05) is 0 Å². The first-order valence-electron chi connectivity index (χ1n) is 6.28. The van der Waals surface area contributed by atoms with Gasteiger partial charge in [-0.3, -0.25) is 9.59 Å². The minimum Gasteiger partial charge on any atom is -0.481 e. The van der Waals surface area contributed by atoms with E-state index in [1.54, 1.807) is 0 Å². The Morgan fingerprint density at radius 3 is 2.72 bits per heavy atom. The first-order valence-corrected chi connectivity index (χ1v) is 6.28.